The number of hydrogen-bond acceptors (Lipinski definition) is 6. The summed E-state index contributed by atoms with van der Waals surface area (Å²) in [5.74, 6) is 2.15. The summed E-state index contributed by atoms with van der Waals surface area (Å²) >= 11 is 1.70. The number of aliphatic imine (C=N–C) groups is 1. The van der Waals surface area contributed by atoms with Gasteiger partial charge in [0.25, 0.3) is 0 Å². The van der Waals surface area contributed by atoms with Crippen molar-refractivity contribution in [3.63, 3.8) is 0 Å². The largest absolute Gasteiger partial charge is 0.497 e. The average Bonchev–Trinajstić information content (AvgIpc) is 3.01. The molecule has 0 aliphatic carbocycles. The predicted molar refractivity (Wildman–Crippen MR) is 99.7 cm³/mol. The molecular formula is C17H22N2O3S2. The van der Waals surface area contributed by atoms with Gasteiger partial charge in [0.1, 0.15) is 5.75 Å². The third kappa shape index (κ3) is 3.78. The topological polar surface area (TPSA) is 59.0 Å². The summed E-state index contributed by atoms with van der Waals surface area (Å²) in [6.07, 6.45) is 2.75. The van der Waals surface area contributed by atoms with E-state index in [1.54, 1.807) is 18.9 Å². The minimum atomic E-state index is -2.95. The number of hydrogen-bond donors (Lipinski definition) is 0. The van der Waals surface area contributed by atoms with Crippen LogP contribution in [0, 0.1) is 0 Å². The maximum Gasteiger partial charge on any atom is 0.160 e. The lowest BCUT2D eigenvalue weighted by Gasteiger charge is -2.24. The van der Waals surface area contributed by atoms with Gasteiger partial charge in [-0.1, -0.05) is 30.0 Å². The molecule has 2 atom stereocenters. The van der Waals surface area contributed by atoms with E-state index in [9.17, 15) is 8.42 Å². The van der Waals surface area contributed by atoms with Gasteiger partial charge in [0.05, 0.1) is 30.7 Å². The molecule has 24 heavy (non-hydrogen) atoms. The highest BCUT2D eigenvalue weighted by atomic mass is 32.2. The fraction of sp³-hybridized carbons (Fsp3) is 0.471. The van der Waals surface area contributed by atoms with Crippen LogP contribution in [-0.4, -0.2) is 61.5 Å². The van der Waals surface area contributed by atoms with Crippen molar-refractivity contribution in [1.29, 1.82) is 0 Å². The highest BCUT2D eigenvalue weighted by Crippen LogP contribution is 2.31. The second-order valence-corrected chi connectivity index (χ2v) is 9.23. The van der Waals surface area contributed by atoms with Gasteiger partial charge in [-0.25, -0.2) is 8.42 Å². The van der Waals surface area contributed by atoms with Crippen molar-refractivity contribution in [2.75, 3.05) is 30.9 Å². The third-order valence-electron chi connectivity index (χ3n) is 4.32. The molecule has 0 radical (unpaired) electrons. The van der Waals surface area contributed by atoms with Crippen molar-refractivity contribution in [3.05, 3.63) is 42.5 Å². The van der Waals surface area contributed by atoms with Crippen molar-refractivity contribution >= 4 is 26.8 Å². The van der Waals surface area contributed by atoms with Crippen LogP contribution in [0.5, 0.6) is 5.75 Å². The van der Waals surface area contributed by atoms with E-state index in [1.165, 1.54) is 5.56 Å². The quantitative estimate of drug-likeness (QED) is 0.721. The Labute approximate surface area is 147 Å². The van der Waals surface area contributed by atoms with Crippen molar-refractivity contribution in [1.82, 2.24) is 4.90 Å². The van der Waals surface area contributed by atoms with Crippen LogP contribution in [0.4, 0.5) is 0 Å². The lowest BCUT2D eigenvalue weighted by Crippen LogP contribution is -2.39. The molecule has 2 aliphatic heterocycles. The number of nitrogens with zero attached hydrogens (tertiary/aromatic N) is 2. The standard InChI is InChI=1S/C17H22N2O3S2/c1-3-9-19-16-12-24(20,21)11-15(16)18-17(19)23-10-8-13-4-6-14(22-2)7-5-13/h3-7,15-16H,1,8-12H2,2H3/t15-,16+/m0/s1. The van der Waals surface area contributed by atoms with Crippen LogP contribution in [0.1, 0.15) is 5.56 Å². The molecule has 1 aromatic rings. The minimum absolute atomic E-state index is 0.0171. The number of amidine groups is 1. The van der Waals surface area contributed by atoms with Gasteiger partial charge in [0.2, 0.25) is 0 Å². The monoisotopic (exact) mass is 366 g/mol. The first-order valence-electron chi connectivity index (χ1n) is 7.94. The van der Waals surface area contributed by atoms with Gasteiger partial charge in [0, 0.05) is 12.3 Å². The smallest absolute Gasteiger partial charge is 0.160 e. The van der Waals surface area contributed by atoms with E-state index in [2.05, 4.69) is 28.6 Å². The van der Waals surface area contributed by atoms with Gasteiger partial charge in [0.15, 0.2) is 15.0 Å². The summed E-state index contributed by atoms with van der Waals surface area (Å²) in [4.78, 5) is 6.76. The van der Waals surface area contributed by atoms with Crippen molar-refractivity contribution in [3.8, 4) is 5.75 Å². The Morgan fingerprint density at radius 3 is 2.79 bits per heavy atom. The van der Waals surface area contributed by atoms with E-state index in [0.717, 1.165) is 23.1 Å². The first-order valence-corrected chi connectivity index (χ1v) is 10.7. The molecule has 1 fully saturated rings. The fourth-order valence-corrected chi connectivity index (χ4v) is 6.10. The lowest BCUT2D eigenvalue weighted by molar-refractivity contribution is 0.379. The lowest BCUT2D eigenvalue weighted by atomic mass is 10.2. The van der Waals surface area contributed by atoms with E-state index in [4.69, 9.17) is 4.74 Å². The van der Waals surface area contributed by atoms with Crippen LogP contribution >= 0.6 is 11.8 Å². The number of methoxy groups -OCH3 is 1. The molecule has 1 saturated heterocycles. The Bertz CT molecular complexity index is 729. The molecular weight excluding hydrogens is 344 g/mol. The zero-order valence-corrected chi connectivity index (χ0v) is 15.4. The van der Waals surface area contributed by atoms with Crippen LogP contribution in [-0.2, 0) is 16.3 Å². The molecule has 0 bridgehead atoms. The summed E-state index contributed by atoms with van der Waals surface area (Å²) in [5.41, 5.74) is 1.25. The first-order chi connectivity index (χ1) is 11.5. The number of fused-ring (bicyclic) bond motifs is 1. The zero-order chi connectivity index (χ0) is 17.2. The summed E-state index contributed by atoms with van der Waals surface area (Å²) < 4.78 is 28.8. The van der Waals surface area contributed by atoms with Crippen LogP contribution in [0.15, 0.2) is 41.9 Å². The summed E-state index contributed by atoms with van der Waals surface area (Å²) in [7, 11) is -1.29. The number of aryl methyl sites for hydroxylation is 1. The fourth-order valence-electron chi connectivity index (χ4n) is 3.11. The average molecular weight is 367 g/mol. The van der Waals surface area contributed by atoms with Gasteiger partial charge in [-0.15, -0.1) is 6.58 Å². The van der Waals surface area contributed by atoms with Crippen molar-refractivity contribution in [2.24, 2.45) is 4.99 Å². The Morgan fingerprint density at radius 1 is 1.38 bits per heavy atom. The second-order valence-electron chi connectivity index (χ2n) is 6.01. The summed E-state index contributed by atoms with van der Waals surface area (Å²) in [6.45, 7) is 4.43. The van der Waals surface area contributed by atoms with Gasteiger partial charge in [-0.2, -0.15) is 0 Å². The molecule has 0 unspecified atom stereocenters. The molecule has 2 aliphatic rings. The molecule has 0 aromatic heterocycles. The van der Waals surface area contributed by atoms with Gasteiger partial charge >= 0.3 is 0 Å². The maximum absolute atomic E-state index is 11.8. The SMILES string of the molecule is C=CCN1C(SCCc2ccc(OC)cc2)=N[C@H]2CS(=O)(=O)C[C@H]21. The molecule has 0 saturated carbocycles. The molecule has 2 heterocycles. The molecule has 5 nitrogen and oxygen atoms in total. The van der Waals surface area contributed by atoms with Gasteiger partial charge in [-0.3, -0.25) is 4.99 Å². The molecule has 130 valence electrons. The number of benzene rings is 1. The highest BCUT2D eigenvalue weighted by molar-refractivity contribution is 8.13. The minimum Gasteiger partial charge on any atom is -0.497 e. The predicted octanol–water partition coefficient (Wildman–Crippen LogP) is 1.99. The van der Waals surface area contributed by atoms with Crippen molar-refractivity contribution in [2.45, 2.75) is 18.5 Å². The summed E-state index contributed by atoms with van der Waals surface area (Å²) in [5, 5.41) is 0.952. The molecule has 7 heteroatoms. The van der Waals surface area contributed by atoms with Crippen LogP contribution in [0.3, 0.4) is 0 Å². The van der Waals surface area contributed by atoms with E-state index in [0.29, 0.717) is 6.54 Å². The van der Waals surface area contributed by atoms with Crippen LogP contribution in [0.2, 0.25) is 0 Å². The molecule has 0 spiro atoms. The zero-order valence-electron chi connectivity index (χ0n) is 13.7. The van der Waals surface area contributed by atoms with E-state index < -0.39 is 9.84 Å². The Balaban J connectivity index is 1.60. The maximum atomic E-state index is 11.8. The Hall–Kier alpha value is -1.47. The second kappa shape index (κ2) is 7.19. The highest BCUT2D eigenvalue weighted by Gasteiger charge is 2.45. The molecule has 1 aromatic carbocycles. The van der Waals surface area contributed by atoms with Crippen molar-refractivity contribution < 1.29 is 13.2 Å². The Morgan fingerprint density at radius 2 is 2.12 bits per heavy atom. The normalized spacial score (nSPS) is 24.5. The number of sulfone groups is 1. The van der Waals surface area contributed by atoms with E-state index in [1.807, 2.05) is 18.2 Å². The van der Waals surface area contributed by atoms with Gasteiger partial charge < -0.3 is 9.64 Å². The summed E-state index contributed by atoms with van der Waals surface area (Å²) in [6, 6.07) is 7.94. The number of rotatable bonds is 6. The van der Waals surface area contributed by atoms with E-state index in [-0.39, 0.29) is 23.6 Å². The van der Waals surface area contributed by atoms with Gasteiger partial charge in [-0.05, 0) is 24.1 Å². The molecule has 0 amide bonds. The molecule has 3 rings (SSSR count). The first kappa shape index (κ1) is 17.4. The molecule has 0 N–H and O–H groups in total. The van der Waals surface area contributed by atoms with Crippen LogP contribution in [0.25, 0.3) is 0 Å². The van der Waals surface area contributed by atoms with E-state index >= 15 is 0 Å². The number of thioether (sulfide) groups is 1. The third-order valence-corrected chi connectivity index (χ3v) is 7.03. The Kier molecular flexibility index (Phi) is 5.20. The number of ether oxygens (including phenoxy) is 1. The van der Waals surface area contributed by atoms with Crippen LogP contribution < -0.4 is 4.74 Å².